The zero-order chi connectivity index (χ0) is 24.5. The van der Waals surface area contributed by atoms with E-state index in [0.717, 1.165) is 5.56 Å². The maximum atomic E-state index is 13.1. The van der Waals surface area contributed by atoms with Crippen molar-refractivity contribution < 1.29 is 23.0 Å². The second-order valence-electron chi connectivity index (χ2n) is 8.14. The van der Waals surface area contributed by atoms with Gasteiger partial charge in [0.2, 0.25) is 6.43 Å². The molecule has 7 nitrogen and oxygen atoms in total. The van der Waals surface area contributed by atoms with Crippen LogP contribution >= 0.6 is 12.2 Å². The molecule has 3 N–H and O–H groups in total. The van der Waals surface area contributed by atoms with Crippen LogP contribution in [0.25, 0.3) is 0 Å². The van der Waals surface area contributed by atoms with Gasteiger partial charge in [-0.3, -0.25) is 9.78 Å². The molecule has 1 aliphatic carbocycles. The van der Waals surface area contributed by atoms with Crippen molar-refractivity contribution in [3.63, 3.8) is 0 Å². The lowest BCUT2D eigenvalue weighted by atomic mass is 9.91. The summed E-state index contributed by atoms with van der Waals surface area (Å²) in [4.78, 5) is 17.0. The van der Waals surface area contributed by atoms with Crippen molar-refractivity contribution in [2.75, 3.05) is 26.9 Å². The van der Waals surface area contributed by atoms with Crippen LogP contribution in [0.2, 0.25) is 0 Å². The van der Waals surface area contributed by atoms with Gasteiger partial charge in [-0.25, -0.2) is 8.78 Å². The number of nitrogens with zero attached hydrogens (tertiary/aromatic N) is 1. The Hall–Kier alpha value is -2.85. The number of ether oxygens (including phenoxy) is 2. The quantitative estimate of drug-likeness (QED) is 0.323. The molecule has 1 aromatic rings. The third-order valence-corrected chi connectivity index (χ3v) is 5.82. The molecule has 2 heterocycles. The molecular weight excluding hydrogens is 462 g/mol. The van der Waals surface area contributed by atoms with E-state index in [-0.39, 0.29) is 23.2 Å². The number of allylic oxidation sites excluding steroid dienone is 3. The van der Waals surface area contributed by atoms with Crippen LogP contribution in [0.3, 0.4) is 0 Å². The molecule has 0 saturated heterocycles. The first-order chi connectivity index (χ1) is 16.4. The van der Waals surface area contributed by atoms with Crippen molar-refractivity contribution >= 4 is 23.1 Å². The van der Waals surface area contributed by atoms with Crippen molar-refractivity contribution in [3.8, 4) is 5.75 Å². The van der Waals surface area contributed by atoms with Gasteiger partial charge in [0, 0.05) is 56.2 Å². The number of aromatic nitrogens is 1. The number of amides is 1. The lowest BCUT2D eigenvalue weighted by Gasteiger charge is -2.25. The van der Waals surface area contributed by atoms with E-state index in [9.17, 15) is 13.6 Å². The summed E-state index contributed by atoms with van der Waals surface area (Å²) in [7, 11) is 1.60. The highest BCUT2D eigenvalue weighted by Crippen LogP contribution is 2.27. The van der Waals surface area contributed by atoms with Crippen molar-refractivity contribution in [3.05, 3.63) is 58.7 Å². The van der Waals surface area contributed by atoms with E-state index in [4.69, 9.17) is 21.7 Å². The molecular formula is C24H30F2N4O3S. The van der Waals surface area contributed by atoms with Crippen molar-refractivity contribution in [2.45, 2.75) is 39.2 Å². The minimum absolute atomic E-state index is 0.169. The molecule has 1 atom stereocenters. The Bertz CT molecular complexity index is 994. The molecule has 0 radical (unpaired) electrons. The fourth-order valence-electron chi connectivity index (χ4n) is 3.83. The Kier molecular flexibility index (Phi) is 9.52. The number of pyridine rings is 1. The van der Waals surface area contributed by atoms with E-state index in [2.05, 4.69) is 20.9 Å². The van der Waals surface area contributed by atoms with Gasteiger partial charge >= 0.3 is 0 Å². The van der Waals surface area contributed by atoms with Crippen LogP contribution in [0, 0.1) is 5.92 Å². The second-order valence-corrected chi connectivity index (χ2v) is 8.55. The van der Waals surface area contributed by atoms with Crippen LogP contribution in [0.4, 0.5) is 8.78 Å². The summed E-state index contributed by atoms with van der Waals surface area (Å²) in [6.07, 6.45) is 5.33. The number of carbonyl (C=O) groups excluding carboxylic acids is 1. The first kappa shape index (κ1) is 25.8. The maximum Gasteiger partial charge on any atom is 0.256 e. The van der Waals surface area contributed by atoms with Gasteiger partial charge in [-0.1, -0.05) is 25.2 Å². The Morgan fingerprint density at radius 3 is 2.97 bits per heavy atom. The largest absolute Gasteiger partial charge is 0.489 e. The zero-order valence-corrected chi connectivity index (χ0v) is 20.1. The minimum Gasteiger partial charge on any atom is -0.489 e. The number of halogens is 2. The molecule has 2 aliphatic rings. The molecule has 0 bridgehead atoms. The van der Waals surface area contributed by atoms with Crippen LogP contribution in [0.5, 0.6) is 5.75 Å². The summed E-state index contributed by atoms with van der Waals surface area (Å²) in [6, 6.07) is 1.84. The average Bonchev–Trinajstić information content (AvgIpc) is 2.80. The first-order valence-corrected chi connectivity index (χ1v) is 11.6. The number of rotatable bonds is 11. The number of hydrogen-bond donors (Lipinski definition) is 3. The van der Waals surface area contributed by atoms with Gasteiger partial charge in [0.25, 0.3) is 5.91 Å². The molecule has 10 heteroatoms. The first-order valence-electron chi connectivity index (χ1n) is 11.2. The number of methoxy groups -OCH3 is 1. The highest BCUT2D eigenvalue weighted by molar-refractivity contribution is 7.80. The highest BCUT2D eigenvalue weighted by atomic mass is 32.1. The van der Waals surface area contributed by atoms with Gasteiger partial charge in [-0.15, -0.1) is 0 Å². The van der Waals surface area contributed by atoms with Gasteiger partial charge in [0.15, 0.2) is 0 Å². The molecule has 0 spiro atoms. The van der Waals surface area contributed by atoms with Crippen LogP contribution < -0.4 is 20.7 Å². The maximum absolute atomic E-state index is 13.1. The topological polar surface area (TPSA) is 84.5 Å². The van der Waals surface area contributed by atoms with Crippen LogP contribution in [0.1, 0.15) is 31.7 Å². The van der Waals surface area contributed by atoms with E-state index in [1.165, 1.54) is 0 Å². The van der Waals surface area contributed by atoms with Crippen molar-refractivity contribution in [1.29, 1.82) is 0 Å². The Balaban J connectivity index is 1.78. The smallest absolute Gasteiger partial charge is 0.256 e. The molecule has 1 aliphatic heterocycles. The number of alkyl halides is 2. The number of carbonyl (C=O) groups is 1. The Morgan fingerprint density at radius 2 is 2.21 bits per heavy atom. The van der Waals surface area contributed by atoms with Gasteiger partial charge in [-0.05, 0) is 30.1 Å². The van der Waals surface area contributed by atoms with Crippen molar-refractivity contribution in [2.24, 2.45) is 5.92 Å². The Morgan fingerprint density at radius 1 is 1.38 bits per heavy atom. The fourth-order valence-corrected chi connectivity index (χ4v) is 4.16. The SMILES string of the molecule is COCCOc1cnccc1CNC1=C(C(=S)NC2=C(CC(F)F)CC(C)C=C2)C(=O)NCC1. The molecule has 34 heavy (non-hydrogen) atoms. The number of nitrogens with one attached hydrogen (secondary N) is 3. The normalized spacial score (nSPS) is 18.3. The number of hydrogen-bond acceptors (Lipinski definition) is 6. The summed E-state index contributed by atoms with van der Waals surface area (Å²) in [5.74, 6) is 0.489. The van der Waals surface area contributed by atoms with E-state index in [0.29, 0.717) is 67.4 Å². The van der Waals surface area contributed by atoms with E-state index < -0.39 is 6.43 Å². The van der Waals surface area contributed by atoms with Crippen LogP contribution in [-0.4, -0.2) is 49.2 Å². The van der Waals surface area contributed by atoms with E-state index in [1.54, 1.807) is 25.6 Å². The summed E-state index contributed by atoms with van der Waals surface area (Å²) in [5.41, 5.74) is 3.01. The molecule has 1 unspecified atom stereocenters. The number of thiocarbonyl (C=S) groups is 1. The third-order valence-electron chi connectivity index (χ3n) is 5.51. The lowest BCUT2D eigenvalue weighted by Crippen LogP contribution is -2.41. The monoisotopic (exact) mass is 492 g/mol. The molecule has 1 aromatic heterocycles. The van der Waals surface area contributed by atoms with Gasteiger partial charge < -0.3 is 25.4 Å². The Labute approximate surface area is 203 Å². The van der Waals surface area contributed by atoms with Crippen LogP contribution in [-0.2, 0) is 16.1 Å². The standard InChI is InChI=1S/C24H30F2N4O3S/c1-15-3-4-18(17(11-15)12-21(25)26)30-24(34)22-19(6-8-28-23(22)31)29-13-16-5-7-27-14-20(16)33-10-9-32-2/h3-5,7,14-15,21,29H,6,8-13H2,1-2H3,(H,28,31)(H,30,34). The third kappa shape index (κ3) is 7.07. The molecule has 0 aromatic carbocycles. The highest BCUT2D eigenvalue weighted by Gasteiger charge is 2.26. The molecule has 1 amide bonds. The second kappa shape index (κ2) is 12.6. The summed E-state index contributed by atoms with van der Waals surface area (Å²) >= 11 is 5.56. The van der Waals surface area contributed by atoms with Gasteiger partial charge in [0.05, 0.1) is 18.4 Å². The molecule has 0 saturated carbocycles. The fraction of sp³-hybridized carbons (Fsp3) is 0.458. The molecule has 3 rings (SSSR count). The summed E-state index contributed by atoms with van der Waals surface area (Å²) < 4.78 is 37.0. The summed E-state index contributed by atoms with van der Waals surface area (Å²) in [6.45, 7) is 3.69. The minimum atomic E-state index is -2.45. The zero-order valence-electron chi connectivity index (χ0n) is 19.3. The van der Waals surface area contributed by atoms with E-state index in [1.807, 2.05) is 19.1 Å². The lowest BCUT2D eigenvalue weighted by molar-refractivity contribution is -0.117. The predicted octanol–water partition coefficient (Wildman–Crippen LogP) is 3.39. The predicted molar refractivity (Wildman–Crippen MR) is 129 cm³/mol. The van der Waals surface area contributed by atoms with Crippen molar-refractivity contribution in [1.82, 2.24) is 20.9 Å². The van der Waals surface area contributed by atoms with Crippen LogP contribution in [0.15, 0.2) is 53.2 Å². The summed E-state index contributed by atoms with van der Waals surface area (Å²) in [5, 5.41) is 9.18. The van der Waals surface area contributed by atoms with E-state index >= 15 is 0 Å². The average molecular weight is 493 g/mol. The van der Waals surface area contributed by atoms with Gasteiger partial charge in [-0.2, -0.15) is 0 Å². The molecule has 0 fully saturated rings. The van der Waals surface area contributed by atoms with Gasteiger partial charge in [0.1, 0.15) is 17.3 Å². The molecule has 184 valence electrons.